The lowest BCUT2D eigenvalue weighted by atomic mass is 10.1. The van der Waals surface area contributed by atoms with Crippen LogP contribution in [0.25, 0.3) is 10.7 Å². The van der Waals surface area contributed by atoms with Gasteiger partial charge in [-0.05, 0) is 20.4 Å². The third-order valence-corrected chi connectivity index (χ3v) is 3.42. The fraction of sp³-hybridized carbons (Fsp3) is 0.417. The van der Waals surface area contributed by atoms with Gasteiger partial charge in [0, 0.05) is 29.7 Å². The minimum Gasteiger partial charge on any atom is -0.310 e. The molecule has 0 saturated heterocycles. The van der Waals surface area contributed by atoms with E-state index in [4.69, 9.17) is 0 Å². The highest BCUT2D eigenvalue weighted by Gasteiger charge is 2.11. The van der Waals surface area contributed by atoms with Crippen molar-refractivity contribution in [2.75, 3.05) is 6.54 Å². The standard InChI is InChI=1S/C12H16N4S/c1-4-14-8(2)10-5-15-12(16-9(10)3)11-6-13-7-17-11/h5-8,14H,4H2,1-3H3. The lowest BCUT2D eigenvalue weighted by molar-refractivity contribution is 0.590. The summed E-state index contributed by atoms with van der Waals surface area (Å²) in [6.07, 6.45) is 3.71. The number of hydrogen-bond acceptors (Lipinski definition) is 5. The van der Waals surface area contributed by atoms with Crippen LogP contribution in [-0.4, -0.2) is 21.5 Å². The van der Waals surface area contributed by atoms with Gasteiger partial charge in [0.15, 0.2) is 5.82 Å². The molecule has 5 heteroatoms. The highest BCUT2D eigenvalue weighted by atomic mass is 32.1. The van der Waals surface area contributed by atoms with Gasteiger partial charge in [0.05, 0.1) is 10.4 Å². The molecule has 0 aliphatic carbocycles. The van der Waals surface area contributed by atoms with Gasteiger partial charge in [-0.15, -0.1) is 11.3 Å². The fourth-order valence-corrected chi connectivity index (χ4v) is 2.32. The molecule has 2 aromatic rings. The Balaban J connectivity index is 2.29. The van der Waals surface area contributed by atoms with E-state index in [1.54, 1.807) is 23.0 Å². The van der Waals surface area contributed by atoms with Gasteiger partial charge in [-0.2, -0.15) is 0 Å². The Hall–Kier alpha value is -1.33. The zero-order chi connectivity index (χ0) is 12.3. The molecule has 0 aromatic carbocycles. The van der Waals surface area contributed by atoms with Crippen molar-refractivity contribution in [3.8, 4) is 10.7 Å². The van der Waals surface area contributed by atoms with Gasteiger partial charge in [0.1, 0.15) is 0 Å². The van der Waals surface area contributed by atoms with E-state index in [0.29, 0.717) is 0 Å². The highest BCUT2D eigenvalue weighted by molar-refractivity contribution is 7.13. The van der Waals surface area contributed by atoms with Crippen molar-refractivity contribution in [2.24, 2.45) is 0 Å². The van der Waals surface area contributed by atoms with Crippen LogP contribution < -0.4 is 5.32 Å². The lowest BCUT2D eigenvalue weighted by Crippen LogP contribution is -2.19. The van der Waals surface area contributed by atoms with Gasteiger partial charge in [0.2, 0.25) is 0 Å². The van der Waals surface area contributed by atoms with Crippen LogP contribution in [0.4, 0.5) is 0 Å². The van der Waals surface area contributed by atoms with Crippen LogP contribution in [0, 0.1) is 6.92 Å². The second kappa shape index (κ2) is 5.33. The molecule has 0 saturated carbocycles. The van der Waals surface area contributed by atoms with Gasteiger partial charge in [0.25, 0.3) is 0 Å². The van der Waals surface area contributed by atoms with Crippen LogP contribution in [0.15, 0.2) is 17.9 Å². The Labute approximate surface area is 105 Å². The molecule has 1 N–H and O–H groups in total. The van der Waals surface area contributed by atoms with Crippen molar-refractivity contribution < 1.29 is 0 Å². The second-order valence-corrected chi connectivity index (χ2v) is 4.77. The molecule has 0 aliphatic rings. The third-order valence-electron chi connectivity index (χ3n) is 2.65. The molecule has 2 heterocycles. The van der Waals surface area contributed by atoms with Crippen molar-refractivity contribution in [3.63, 3.8) is 0 Å². The quantitative estimate of drug-likeness (QED) is 0.903. The molecular weight excluding hydrogens is 232 g/mol. The Morgan fingerprint density at radius 2 is 2.24 bits per heavy atom. The molecular formula is C12H16N4S. The van der Waals surface area contributed by atoms with Crippen molar-refractivity contribution in [1.29, 1.82) is 0 Å². The van der Waals surface area contributed by atoms with Gasteiger partial charge in [-0.1, -0.05) is 6.92 Å². The molecule has 0 aliphatic heterocycles. The van der Waals surface area contributed by atoms with Crippen molar-refractivity contribution in [2.45, 2.75) is 26.8 Å². The van der Waals surface area contributed by atoms with Crippen molar-refractivity contribution in [3.05, 3.63) is 29.2 Å². The Morgan fingerprint density at radius 1 is 1.41 bits per heavy atom. The summed E-state index contributed by atoms with van der Waals surface area (Å²) in [6, 6.07) is 0.288. The smallest absolute Gasteiger partial charge is 0.171 e. The molecule has 0 radical (unpaired) electrons. The molecule has 17 heavy (non-hydrogen) atoms. The predicted molar refractivity (Wildman–Crippen MR) is 70.0 cm³/mol. The SMILES string of the molecule is CCNC(C)c1cnc(-c2cncs2)nc1C. The van der Waals surface area contributed by atoms with Gasteiger partial charge < -0.3 is 5.32 Å². The average molecular weight is 248 g/mol. The zero-order valence-corrected chi connectivity index (χ0v) is 11.1. The molecule has 2 rings (SSSR count). The van der Waals surface area contributed by atoms with Crippen LogP contribution >= 0.6 is 11.3 Å². The maximum Gasteiger partial charge on any atom is 0.171 e. The summed E-state index contributed by atoms with van der Waals surface area (Å²) in [5, 5.41) is 3.37. The van der Waals surface area contributed by atoms with Crippen molar-refractivity contribution >= 4 is 11.3 Å². The fourth-order valence-electron chi connectivity index (χ4n) is 1.76. The summed E-state index contributed by atoms with van der Waals surface area (Å²) in [4.78, 5) is 14.0. The summed E-state index contributed by atoms with van der Waals surface area (Å²) >= 11 is 1.56. The van der Waals surface area contributed by atoms with Crippen LogP contribution in [0.2, 0.25) is 0 Å². The van der Waals surface area contributed by atoms with Gasteiger partial charge in [-0.25, -0.2) is 9.97 Å². The van der Waals surface area contributed by atoms with Crippen LogP contribution in [0.5, 0.6) is 0 Å². The molecule has 0 bridgehead atoms. The summed E-state index contributed by atoms with van der Waals surface area (Å²) in [7, 11) is 0. The van der Waals surface area contributed by atoms with E-state index < -0.39 is 0 Å². The van der Waals surface area contributed by atoms with E-state index in [-0.39, 0.29) is 6.04 Å². The van der Waals surface area contributed by atoms with Crippen molar-refractivity contribution in [1.82, 2.24) is 20.3 Å². The van der Waals surface area contributed by atoms with E-state index in [9.17, 15) is 0 Å². The molecule has 0 spiro atoms. The maximum atomic E-state index is 4.54. The number of nitrogens with zero attached hydrogens (tertiary/aromatic N) is 3. The number of nitrogens with one attached hydrogen (secondary N) is 1. The first kappa shape index (κ1) is 12.1. The summed E-state index contributed by atoms with van der Waals surface area (Å²) in [5.41, 5.74) is 3.97. The predicted octanol–water partition coefficient (Wildman–Crippen LogP) is 2.58. The molecule has 0 amide bonds. The maximum absolute atomic E-state index is 4.54. The van der Waals surface area contributed by atoms with Crippen LogP contribution in [0.3, 0.4) is 0 Å². The largest absolute Gasteiger partial charge is 0.310 e. The number of aryl methyl sites for hydroxylation is 1. The Kier molecular flexibility index (Phi) is 3.81. The first-order valence-electron chi connectivity index (χ1n) is 5.68. The molecule has 1 atom stereocenters. The number of rotatable bonds is 4. The van der Waals surface area contributed by atoms with E-state index in [2.05, 4.69) is 34.1 Å². The molecule has 0 fully saturated rings. The first-order valence-corrected chi connectivity index (χ1v) is 6.56. The van der Waals surface area contributed by atoms with E-state index in [1.165, 1.54) is 0 Å². The number of hydrogen-bond donors (Lipinski definition) is 1. The van der Waals surface area contributed by atoms with E-state index in [1.807, 2.05) is 13.1 Å². The van der Waals surface area contributed by atoms with Gasteiger partial charge in [-0.3, -0.25) is 4.98 Å². The number of thiazole rings is 1. The molecule has 2 aromatic heterocycles. The molecule has 4 nitrogen and oxygen atoms in total. The minimum atomic E-state index is 0.288. The Bertz CT molecular complexity index is 481. The Morgan fingerprint density at radius 3 is 2.82 bits per heavy atom. The van der Waals surface area contributed by atoms with Crippen LogP contribution in [0.1, 0.15) is 31.1 Å². The van der Waals surface area contributed by atoms with E-state index >= 15 is 0 Å². The van der Waals surface area contributed by atoms with Gasteiger partial charge >= 0.3 is 0 Å². The summed E-state index contributed by atoms with van der Waals surface area (Å²) in [6.45, 7) is 7.19. The second-order valence-electron chi connectivity index (χ2n) is 3.88. The highest BCUT2D eigenvalue weighted by Crippen LogP contribution is 2.22. The summed E-state index contributed by atoms with van der Waals surface area (Å²) in [5.74, 6) is 0.762. The minimum absolute atomic E-state index is 0.288. The number of aromatic nitrogens is 3. The molecule has 1 unspecified atom stereocenters. The normalized spacial score (nSPS) is 12.6. The lowest BCUT2D eigenvalue weighted by Gasteiger charge is -2.14. The topological polar surface area (TPSA) is 50.7 Å². The van der Waals surface area contributed by atoms with Crippen LogP contribution in [-0.2, 0) is 0 Å². The third kappa shape index (κ3) is 2.68. The average Bonchev–Trinajstić information content (AvgIpc) is 2.82. The zero-order valence-electron chi connectivity index (χ0n) is 10.3. The monoisotopic (exact) mass is 248 g/mol. The van der Waals surface area contributed by atoms with E-state index in [0.717, 1.165) is 28.5 Å². The summed E-state index contributed by atoms with van der Waals surface area (Å²) < 4.78 is 0. The first-order chi connectivity index (χ1) is 8.22. The molecule has 90 valence electrons.